The summed E-state index contributed by atoms with van der Waals surface area (Å²) in [6, 6.07) is 12.1. The van der Waals surface area contributed by atoms with Gasteiger partial charge in [-0.3, -0.25) is 4.79 Å². The standard InChI is InChI=1S/C24H27N5O3S/c1-16-5-7-19(13-17(16)2)29-23(26-27-28-29)33-15-22(30)25-24(9-3-4-10-24)18-6-8-20-21(14-18)32-12-11-31-20/h5-8,13-14H,3-4,9-12,15H2,1-2H3,(H,25,30). The van der Waals surface area contributed by atoms with Gasteiger partial charge in [0.25, 0.3) is 0 Å². The zero-order valence-corrected chi connectivity index (χ0v) is 19.7. The van der Waals surface area contributed by atoms with Gasteiger partial charge in [0.1, 0.15) is 13.2 Å². The highest BCUT2D eigenvalue weighted by atomic mass is 32.2. The predicted octanol–water partition coefficient (Wildman–Crippen LogP) is 3.73. The Morgan fingerprint density at radius 2 is 1.85 bits per heavy atom. The first-order valence-corrected chi connectivity index (χ1v) is 12.2. The van der Waals surface area contributed by atoms with Crippen molar-refractivity contribution in [3.05, 3.63) is 53.1 Å². The van der Waals surface area contributed by atoms with E-state index < -0.39 is 0 Å². The molecule has 172 valence electrons. The smallest absolute Gasteiger partial charge is 0.231 e. The largest absolute Gasteiger partial charge is 0.486 e. The summed E-state index contributed by atoms with van der Waals surface area (Å²) in [7, 11) is 0. The van der Waals surface area contributed by atoms with Crippen LogP contribution in [0, 0.1) is 13.8 Å². The number of amides is 1. The summed E-state index contributed by atoms with van der Waals surface area (Å²) < 4.78 is 13.1. The molecule has 3 aromatic rings. The quantitative estimate of drug-likeness (QED) is 0.555. The van der Waals surface area contributed by atoms with E-state index in [0.29, 0.717) is 18.4 Å². The summed E-state index contributed by atoms with van der Waals surface area (Å²) in [5.74, 6) is 1.71. The topological polar surface area (TPSA) is 91.2 Å². The number of hydrogen-bond acceptors (Lipinski definition) is 7. The van der Waals surface area contributed by atoms with Crippen molar-refractivity contribution in [3.63, 3.8) is 0 Å². The average molecular weight is 466 g/mol. The fraction of sp³-hybridized carbons (Fsp3) is 0.417. The van der Waals surface area contributed by atoms with Crippen molar-refractivity contribution in [1.82, 2.24) is 25.5 Å². The molecule has 1 saturated carbocycles. The number of hydrogen-bond donors (Lipinski definition) is 1. The molecule has 9 heteroatoms. The number of carbonyl (C=O) groups excluding carboxylic acids is 1. The number of rotatable bonds is 6. The fourth-order valence-electron chi connectivity index (χ4n) is 4.53. The van der Waals surface area contributed by atoms with E-state index in [4.69, 9.17) is 9.47 Å². The molecule has 0 spiro atoms. The number of aryl methyl sites for hydroxylation is 2. The lowest BCUT2D eigenvalue weighted by molar-refractivity contribution is -0.120. The van der Waals surface area contributed by atoms with Gasteiger partial charge in [-0.25, -0.2) is 0 Å². The Labute approximate surface area is 197 Å². The van der Waals surface area contributed by atoms with E-state index in [1.165, 1.54) is 22.9 Å². The van der Waals surface area contributed by atoms with E-state index in [2.05, 4.69) is 34.7 Å². The molecule has 0 unspecified atom stereocenters. The first kappa shape index (κ1) is 21.8. The lowest BCUT2D eigenvalue weighted by atomic mass is 9.87. The molecule has 0 saturated heterocycles. The summed E-state index contributed by atoms with van der Waals surface area (Å²) in [5.41, 5.74) is 3.95. The van der Waals surface area contributed by atoms with Crippen molar-refractivity contribution < 1.29 is 14.3 Å². The Balaban J connectivity index is 1.30. The molecule has 33 heavy (non-hydrogen) atoms. The molecule has 0 atom stereocenters. The van der Waals surface area contributed by atoms with E-state index in [9.17, 15) is 4.79 Å². The van der Waals surface area contributed by atoms with Crippen LogP contribution in [-0.4, -0.2) is 45.1 Å². The summed E-state index contributed by atoms with van der Waals surface area (Å²) >= 11 is 1.34. The SMILES string of the molecule is Cc1ccc(-n2nnnc2SCC(=O)NC2(c3ccc4c(c3)OCCO4)CCCC2)cc1C. The Morgan fingerprint density at radius 3 is 2.64 bits per heavy atom. The van der Waals surface area contributed by atoms with Gasteiger partial charge >= 0.3 is 0 Å². The first-order chi connectivity index (χ1) is 16.0. The van der Waals surface area contributed by atoms with Crippen LogP contribution in [0.3, 0.4) is 0 Å². The van der Waals surface area contributed by atoms with E-state index in [1.54, 1.807) is 4.68 Å². The number of carbonyl (C=O) groups is 1. The lowest BCUT2D eigenvalue weighted by Gasteiger charge is -2.32. The van der Waals surface area contributed by atoms with Crippen LogP contribution in [0.25, 0.3) is 5.69 Å². The Bertz CT molecular complexity index is 1170. The van der Waals surface area contributed by atoms with Gasteiger partial charge in [0.15, 0.2) is 11.5 Å². The third-order valence-corrected chi connectivity index (χ3v) is 7.36. The Hall–Kier alpha value is -3.07. The van der Waals surface area contributed by atoms with Crippen LogP contribution in [0.15, 0.2) is 41.6 Å². The lowest BCUT2D eigenvalue weighted by Crippen LogP contribution is -2.44. The van der Waals surface area contributed by atoms with Gasteiger partial charge in [-0.05, 0) is 78.1 Å². The maximum Gasteiger partial charge on any atom is 0.231 e. The number of benzene rings is 2. The number of nitrogens with zero attached hydrogens (tertiary/aromatic N) is 4. The second-order valence-corrected chi connectivity index (χ2v) is 9.57. The molecular weight excluding hydrogens is 438 g/mol. The minimum Gasteiger partial charge on any atom is -0.486 e. The van der Waals surface area contributed by atoms with Gasteiger partial charge in [0.05, 0.1) is 17.0 Å². The Kier molecular flexibility index (Phi) is 5.97. The van der Waals surface area contributed by atoms with Crippen LogP contribution in [0.4, 0.5) is 0 Å². The minimum absolute atomic E-state index is 0.0357. The van der Waals surface area contributed by atoms with E-state index in [1.807, 2.05) is 36.4 Å². The first-order valence-electron chi connectivity index (χ1n) is 11.2. The molecule has 1 aliphatic carbocycles. The summed E-state index contributed by atoms with van der Waals surface area (Å²) in [6.45, 7) is 5.23. The molecular formula is C24H27N5O3S. The minimum atomic E-state index is -0.381. The molecule has 2 aliphatic rings. The number of aromatic nitrogens is 4. The average Bonchev–Trinajstić information content (AvgIpc) is 3.49. The molecule has 2 aromatic carbocycles. The van der Waals surface area contributed by atoms with E-state index in [-0.39, 0.29) is 17.2 Å². The van der Waals surface area contributed by atoms with Gasteiger partial charge in [0.2, 0.25) is 11.1 Å². The molecule has 1 amide bonds. The van der Waals surface area contributed by atoms with Gasteiger partial charge in [-0.1, -0.05) is 36.7 Å². The van der Waals surface area contributed by atoms with Crippen LogP contribution in [0.2, 0.25) is 0 Å². The monoisotopic (exact) mass is 465 g/mol. The van der Waals surface area contributed by atoms with Gasteiger partial charge in [-0.2, -0.15) is 4.68 Å². The van der Waals surface area contributed by atoms with E-state index >= 15 is 0 Å². The fourth-order valence-corrected chi connectivity index (χ4v) is 5.22. The van der Waals surface area contributed by atoms with Crippen molar-refractivity contribution in [2.24, 2.45) is 0 Å². The Morgan fingerprint density at radius 1 is 1.06 bits per heavy atom. The van der Waals surface area contributed by atoms with Crippen molar-refractivity contribution >= 4 is 17.7 Å². The van der Waals surface area contributed by atoms with Gasteiger partial charge in [-0.15, -0.1) is 5.10 Å². The third-order valence-electron chi connectivity index (χ3n) is 6.44. The van der Waals surface area contributed by atoms with Crippen LogP contribution in [-0.2, 0) is 10.3 Å². The summed E-state index contributed by atoms with van der Waals surface area (Å²) in [6.07, 6.45) is 3.96. The highest BCUT2D eigenvalue weighted by Gasteiger charge is 2.38. The molecule has 0 radical (unpaired) electrons. The summed E-state index contributed by atoms with van der Waals surface area (Å²) in [5, 5.41) is 16.0. The molecule has 2 heterocycles. The molecule has 1 N–H and O–H groups in total. The summed E-state index contributed by atoms with van der Waals surface area (Å²) in [4.78, 5) is 13.0. The van der Waals surface area contributed by atoms with Crippen LogP contribution < -0.4 is 14.8 Å². The molecule has 1 aliphatic heterocycles. The predicted molar refractivity (Wildman–Crippen MR) is 125 cm³/mol. The third kappa shape index (κ3) is 4.42. The van der Waals surface area contributed by atoms with Gasteiger partial charge < -0.3 is 14.8 Å². The zero-order chi connectivity index (χ0) is 22.8. The van der Waals surface area contributed by atoms with E-state index in [0.717, 1.165) is 48.4 Å². The van der Waals surface area contributed by atoms with Crippen LogP contribution in [0.1, 0.15) is 42.4 Å². The zero-order valence-electron chi connectivity index (χ0n) is 18.8. The number of fused-ring (bicyclic) bond motifs is 1. The molecule has 0 bridgehead atoms. The maximum atomic E-state index is 13.0. The second kappa shape index (κ2) is 9.05. The van der Waals surface area contributed by atoms with Crippen LogP contribution in [0.5, 0.6) is 11.5 Å². The van der Waals surface area contributed by atoms with Crippen molar-refractivity contribution in [1.29, 1.82) is 0 Å². The normalized spacial score (nSPS) is 16.5. The van der Waals surface area contributed by atoms with Crippen molar-refractivity contribution in [2.45, 2.75) is 50.2 Å². The number of thioether (sulfide) groups is 1. The highest BCUT2D eigenvalue weighted by molar-refractivity contribution is 7.99. The highest BCUT2D eigenvalue weighted by Crippen LogP contribution is 2.42. The maximum absolute atomic E-state index is 13.0. The van der Waals surface area contributed by atoms with Gasteiger partial charge in [0, 0.05) is 0 Å². The van der Waals surface area contributed by atoms with Crippen molar-refractivity contribution in [3.8, 4) is 17.2 Å². The second-order valence-electron chi connectivity index (χ2n) is 8.63. The number of nitrogens with one attached hydrogen (secondary N) is 1. The number of ether oxygens (including phenoxy) is 2. The van der Waals surface area contributed by atoms with Crippen LogP contribution >= 0.6 is 11.8 Å². The molecule has 1 aromatic heterocycles. The number of tetrazole rings is 1. The molecule has 1 fully saturated rings. The molecule has 5 rings (SSSR count). The van der Waals surface area contributed by atoms with Crippen molar-refractivity contribution in [2.75, 3.05) is 19.0 Å². The molecule has 8 nitrogen and oxygen atoms in total.